The van der Waals surface area contributed by atoms with Gasteiger partial charge in [-0.2, -0.15) is 0 Å². The predicted octanol–water partition coefficient (Wildman–Crippen LogP) is 3.10. The van der Waals surface area contributed by atoms with E-state index in [2.05, 4.69) is 10.5 Å². The van der Waals surface area contributed by atoms with Gasteiger partial charge < -0.3 is 19.4 Å². The summed E-state index contributed by atoms with van der Waals surface area (Å²) in [5.41, 5.74) is 7.49. The van der Waals surface area contributed by atoms with E-state index in [9.17, 15) is 9.90 Å². The summed E-state index contributed by atoms with van der Waals surface area (Å²) in [7, 11) is 1.62. The summed E-state index contributed by atoms with van der Waals surface area (Å²) in [6.45, 7) is 0.697. The Labute approximate surface area is 172 Å². The Kier molecular flexibility index (Phi) is 4.54. The monoisotopic (exact) mass is 403 g/mol. The van der Waals surface area contributed by atoms with Crippen LogP contribution < -0.4 is 10.2 Å². The van der Waals surface area contributed by atoms with Crippen molar-refractivity contribution in [1.29, 1.82) is 0 Å². The number of para-hydroxylation sites is 1. The molecule has 30 heavy (non-hydrogen) atoms. The number of rotatable bonds is 5. The molecule has 5 rings (SSSR count). The van der Waals surface area contributed by atoms with Crippen LogP contribution in [0.5, 0.6) is 5.75 Å². The van der Waals surface area contributed by atoms with Gasteiger partial charge in [0.25, 0.3) is 5.91 Å². The number of hydrogen-bond acceptors (Lipinski definition) is 4. The van der Waals surface area contributed by atoms with E-state index in [1.54, 1.807) is 7.11 Å². The van der Waals surface area contributed by atoms with Gasteiger partial charge in [0.1, 0.15) is 12.4 Å². The first-order valence-electron chi connectivity index (χ1n) is 9.71. The summed E-state index contributed by atoms with van der Waals surface area (Å²) in [4.78, 5) is 21.6. The van der Waals surface area contributed by atoms with Crippen LogP contribution in [-0.2, 0) is 16.2 Å². The molecule has 3 heterocycles. The van der Waals surface area contributed by atoms with Crippen LogP contribution in [0.1, 0.15) is 11.1 Å². The number of ether oxygens (including phenoxy) is 1. The molecule has 0 saturated heterocycles. The number of carbonyl (C=O) groups is 1. The zero-order valence-corrected chi connectivity index (χ0v) is 16.4. The first kappa shape index (κ1) is 18.5. The van der Waals surface area contributed by atoms with E-state index < -0.39 is 0 Å². The highest BCUT2D eigenvalue weighted by molar-refractivity contribution is 6.30. The average Bonchev–Trinajstić information content (AvgIpc) is 3.35. The zero-order valence-electron chi connectivity index (χ0n) is 16.4. The Hall–Kier alpha value is -3.55. The Balaban J connectivity index is 1.81. The molecule has 7 nitrogen and oxygen atoms in total. The van der Waals surface area contributed by atoms with Gasteiger partial charge >= 0.3 is 0 Å². The van der Waals surface area contributed by atoms with Gasteiger partial charge in [-0.25, -0.2) is 5.48 Å². The Morgan fingerprint density at radius 3 is 2.87 bits per heavy atom. The third kappa shape index (κ3) is 2.87. The molecule has 0 bridgehead atoms. The molecule has 0 radical (unpaired) electrons. The van der Waals surface area contributed by atoms with E-state index in [4.69, 9.17) is 9.57 Å². The van der Waals surface area contributed by atoms with E-state index in [-0.39, 0.29) is 19.1 Å². The molecule has 1 aliphatic heterocycles. The summed E-state index contributed by atoms with van der Waals surface area (Å²) in [5.74, 6) is 0.438. The van der Waals surface area contributed by atoms with Crippen molar-refractivity contribution < 1.29 is 19.5 Å². The molecular weight excluding hydrogens is 382 g/mol. The number of nitrogens with one attached hydrogen (secondary N) is 2. The van der Waals surface area contributed by atoms with Crippen molar-refractivity contribution in [3.05, 3.63) is 66.0 Å². The highest BCUT2D eigenvalue weighted by atomic mass is 16.7. The number of aromatic amines is 1. The number of hydrogen-bond donors (Lipinski definition) is 3. The first-order chi connectivity index (χ1) is 14.7. The normalized spacial score (nSPS) is 14.5. The summed E-state index contributed by atoms with van der Waals surface area (Å²) in [6.07, 6.45) is 3.82. The molecule has 0 aliphatic carbocycles. The van der Waals surface area contributed by atoms with Crippen LogP contribution in [0.2, 0.25) is 0 Å². The molecule has 3 N–H and O–H groups in total. The molecule has 0 spiro atoms. The van der Waals surface area contributed by atoms with Gasteiger partial charge in [0.05, 0.1) is 19.3 Å². The minimum atomic E-state index is -0.285. The minimum absolute atomic E-state index is 0.0145. The second-order valence-electron chi connectivity index (χ2n) is 7.16. The van der Waals surface area contributed by atoms with Crippen LogP contribution in [0.3, 0.4) is 0 Å². The van der Waals surface area contributed by atoms with E-state index in [0.29, 0.717) is 12.1 Å². The summed E-state index contributed by atoms with van der Waals surface area (Å²) in [6, 6.07) is 13.7. The zero-order chi connectivity index (χ0) is 20.7. The standard InChI is InChI=1S/C23H21N3O4/c1-29-14-6-7-21-16(10-14)18(12-26(21)8-9-27)19-13-30-25-23(28)22(19)17-11-24-20-5-3-2-4-15(17)20/h2-7,10-12,24,27H,8-9,13H2,1H3,(H,25,28). The number of nitrogens with zero attached hydrogens (tertiary/aromatic N) is 1. The van der Waals surface area contributed by atoms with Crippen LogP contribution in [-0.4, -0.2) is 40.9 Å². The van der Waals surface area contributed by atoms with Crippen molar-refractivity contribution in [2.75, 3.05) is 20.3 Å². The van der Waals surface area contributed by atoms with E-state index >= 15 is 0 Å². The second-order valence-corrected chi connectivity index (χ2v) is 7.16. The number of methoxy groups -OCH3 is 1. The summed E-state index contributed by atoms with van der Waals surface area (Å²) < 4.78 is 7.40. The number of aliphatic hydroxyl groups is 1. The van der Waals surface area contributed by atoms with Gasteiger partial charge in [0, 0.05) is 57.4 Å². The SMILES string of the molecule is COc1ccc2c(c1)c(C1=C(c3c[nH]c4ccccc34)C(=O)NOC1)cn2CCO. The van der Waals surface area contributed by atoms with Gasteiger partial charge in [0.15, 0.2) is 0 Å². The maximum atomic E-state index is 12.9. The van der Waals surface area contributed by atoms with Crippen LogP contribution in [0.15, 0.2) is 54.9 Å². The number of H-pyrrole nitrogens is 1. The highest BCUT2D eigenvalue weighted by Crippen LogP contribution is 2.38. The Morgan fingerprint density at radius 2 is 2.03 bits per heavy atom. The third-order valence-corrected chi connectivity index (χ3v) is 5.52. The third-order valence-electron chi connectivity index (χ3n) is 5.52. The van der Waals surface area contributed by atoms with Gasteiger partial charge in [0.2, 0.25) is 0 Å². The fraction of sp³-hybridized carbons (Fsp3) is 0.174. The molecule has 0 atom stereocenters. The topological polar surface area (TPSA) is 88.5 Å². The number of carbonyl (C=O) groups excluding carboxylic acids is 1. The molecule has 152 valence electrons. The Bertz CT molecular complexity index is 1300. The molecule has 0 fully saturated rings. The van der Waals surface area contributed by atoms with E-state index in [1.165, 1.54) is 0 Å². The number of hydroxylamine groups is 1. The molecule has 0 saturated carbocycles. The van der Waals surface area contributed by atoms with Crippen molar-refractivity contribution in [3.63, 3.8) is 0 Å². The fourth-order valence-corrected chi connectivity index (χ4v) is 4.15. The minimum Gasteiger partial charge on any atom is -0.497 e. The van der Waals surface area contributed by atoms with Gasteiger partial charge in [-0.3, -0.25) is 9.63 Å². The van der Waals surface area contributed by atoms with Gasteiger partial charge in [-0.1, -0.05) is 18.2 Å². The van der Waals surface area contributed by atoms with E-state index in [0.717, 1.165) is 44.3 Å². The molecule has 1 aliphatic rings. The molecule has 0 unspecified atom stereocenters. The molecule has 4 aromatic rings. The number of aromatic nitrogens is 2. The van der Waals surface area contributed by atoms with Crippen molar-refractivity contribution in [2.24, 2.45) is 0 Å². The van der Waals surface area contributed by atoms with Crippen molar-refractivity contribution in [1.82, 2.24) is 15.0 Å². The van der Waals surface area contributed by atoms with Gasteiger partial charge in [-0.05, 0) is 24.3 Å². The molecular formula is C23H21N3O4. The lowest BCUT2D eigenvalue weighted by molar-refractivity contribution is -0.127. The summed E-state index contributed by atoms with van der Waals surface area (Å²) in [5, 5.41) is 11.4. The maximum absolute atomic E-state index is 12.9. The molecule has 1 amide bonds. The van der Waals surface area contributed by atoms with Crippen molar-refractivity contribution >= 4 is 38.9 Å². The van der Waals surface area contributed by atoms with Crippen molar-refractivity contribution in [2.45, 2.75) is 6.54 Å². The number of aliphatic hydroxyl groups excluding tert-OH is 1. The van der Waals surface area contributed by atoms with Crippen LogP contribution in [0, 0.1) is 0 Å². The number of amides is 1. The lowest BCUT2D eigenvalue weighted by Gasteiger charge is -2.20. The van der Waals surface area contributed by atoms with E-state index in [1.807, 2.05) is 59.4 Å². The van der Waals surface area contributed by atoms with Crippen molar-refractivity contribution in [3.8, 4) is 5.75 Å². The maximum Gasteiger partial charge on any atom is 0.275 e. The predicted molar refractivity (Wildman–Crippen MR) is 115 cm³/mol. The number of fused-ring (bicyclic) bond motifs is 2. The quantitative estimate of drug-likeness (QED) is 0.478. The largest absolute Gasteiger partial charge is 0.497 e. The fourth-order valence-electron chi connectivity index (χ4n) is 4.15. The van der Waals surface area contributed by atoms with Gasteiger partial charge in [-0.15, -0.1) is 0 Å². The smallest absolute Gasteiger partial charge is 0.275 e. The van der Waals surface area contributed by atoms with Crippen LogP contribution >= 0.6 is 0 Å². The molecule has 2 aromatic heterocycles. The molecule has 7 heteroatoms. The summed E-state index contributed by atoms with van der Waals surface area (Å²) >= 11 is 0. The van der Waals surface area contributed by atoms with Crippen LogP contribution in [0.4, 0.5) is 0 Å². The second kappa shape index (κ2) is 7.37. The highest BCUT2D eigenvalue weighted by Gasteiger charge is 2.28. The Morgan fingerprint density at radius 1 is 1.17 bits per heavy atom. The lowest BCUT2D eigenvalue weighted by Crippen LogP contribution is -2.31. The van der Waals surface area contributed by atoms with Crippen LogP contribution in [0.25, 0.3) is 33.0 Å². The first-order valence-corrected chi connectivity index (χ1v) is 9.71. The lowest BCUT2D eigenvalue weighted by atomic mass is 9.93. The number of benzene rings is 2. The average molecular weight is 403 g/mol. The molecule has 2 aromatic carbocycles.